The molecule has 3 aromatic carbocycles. The lowest BCUT2D eigenvalue weighted by molar-refractivity contribution is -0.114. The number of esters is 1. The van der Waals surface area contributed by atoms with E-state index >= 15 is 0 Å². The molecule has 0 aromatic heterocycles. The van der Waals surface area contributed by atoms with Gasteiger partial charge in [-0.25, -0.2) is 13.2 Å². The third-order valence-corrected chi connectivity index (χ3v) is 7.61. The molecular weight excluding hydrogens is 499 g/mol. The van der Waals surface area contributed by atoms with Gasteiger partial charge in [-0.1, -0.05) is 53.0 Å². The van der Waals surface area contributed by atoms with Crippen molar-refractivity contribution in [2.75, 3.05) is 23.3 Å². The molecule has 1 amide bonds. The van der Waals surface area contributed by atoms with E-state index in [0.717, 1.165) is 9.87 Å². The first-order valence-corrected chi connectivity index (χ1v) is 12.3. The maximum atomic E-state index is 13.5. The summed E-state index contributed by atoms with van der Waals surface area (Å²) in [6.45, 7) is 2.99. The lowest BCUT2D eigenvalue weighted by Crippen LogP contribution is -2.38. The van der Waals surface area contributed by atoms with Crippen molar-refractivity contribution in [3.8, 4) is 0 Å². The lowest BCUT2D eigenvalue weighted by Gasteiger charge is -2.25. The number of rotatable bonds is 7. The number of halogens is 2. The van der Waals surface area contributed by atoms with Gasteiger partial charge in [0.1, 0.15) is 6.54 Å². The lowest BCUT2D eigenvalue weighted by atomic mass is 10.1. The van der Waals surface area contributed by atoms with Crippen LogP contribution < -0.4 is 9.62 Å². The molecule has 0 spiro atoms. The van der Waals surface area contributed by atoms with Crippen LogP contribution in [-0.4, -0.2) is 33.9 Å². The highest BCUT2D eigenvalue weighted by molar-refractivity contribution is 7.92. The van der Waals surface area contributed by atoms with Crippen LogP contribution in [0.5, 0.6) is 0 Å². The van der Waals surface area contributed by atoms with Crippen LogP contribution in [0, 0.1) is 13.8 Å². The van der Waals surface area contributed by atoms with Gasteiger partial charge in [0.15, 0.2) is 0 Å². The molecule has 0 bridgehead atoms. The molecule has 0 fully saturated rings. The zero-order valence-electron chi connectivity index (χ0n) is 18.6. The molecule has 0 radical (unpaired) electrons. The first-order valence-electron chi connectivity index (χ1n) is 10.1. The third kappa shape index (κ3) is 5.52. The van der Waals surface area contributed by atoms with Gasteiger partial charge in [0.25, 0.3) is 10.0 Å². The smallest absolute Gasteiger partial charge is 0.337 e. The zero-order valence-corrected chi connectivity index (χ0v) is 21.0. The van der Waals surface area contributed by atoms with E-state index in [-0.39, 0.29) is 26.2 Å². The van der Waals surface area contributed by atoms with E-state index in [1.807, 2.05) is 6.92 Å². The number of anilines is 2. The largest absolute Gasteiger partial charge is 0.465 e. The highest BCUT2D eigenvalue weighted by atomic mass is 35.5. The Labute approximate surface area is 208 Å². The average Bonchev–Trinajstić information content (AvgIpc) is 2.80. The highest BCUT2D eigenvalue weighted by Gasteiger charge is 2.29. The number of amides is 1. The Morgan fingerprint density at radius 3 is 2.32 bits per heavy atom. The Morgan fingerprint density at radius 1 is 1.00 bits per heavy atom. The van der Waals surface area contributed by atoms with Gasteiger partial charge >= 0.3 is 5.97 Å². The van der Waals surface area contributed by atoms with E-state index in [1.54, 1.807) is 37.3 Å². The van der Waals surface area contributed by atoms with Gasteiger partial charge in [-0.2, -0.15) is 0 Å². The molecule has 0 aliphatic heterocycles. The maximum Gasteiger partial charge on any atom is 0.337 e. The molecule has 0 aliphatic rings. The summed E-state index contributed by atoms with van der Waals surface area (Å²) in [5.74, 6) is -1.21. The van der Waals surface area contributed by atoms with E-state index in [1.165, 1.54) is 37.4 Å². The van der Waals surface area contributed by atoms with Crippen molar-refractivity contribution in [1.82, 2.24) is 0 Å². The fourth-order valence-corrected chi connectivity index (χ4v) is 5.02. The van der Waals surface area contributed by atoms with E-state index in [0.29, 0.717) is 11.3 Å². The minimum atomic E-state index is -4.18. The Hall–Kier alpha value is -3.07. The van der Waals surface area contributed by atoms with Crippen molar-refractivity contribution >= 4 is 56.5 Å². The molecule has 0 atom stereocenters. The standard InChI is InChI=1S/C24H22Cl2N2O5S/c1-15-7-11-18(12-8-15)34(31,32)28(21-6-4-5-19(25)23(21)26)14-22(29)27-20-13-17(24(30)33-3)10-9-16(20)2/h4-13H,14H2,1-3H3,(H,27,29). The number of benzene rings is 3. The molecule has 0 heterocycles. The van der Waals surface area contributed by atoms with Gasteiger partial charge in [0, 0.05) is 5.69 Å². The van der Waals surface area contributed by atoms with Gasteiger partial charge in [-0.15, -0.1) is 0 Å². The predicted molar refractivity (Wildman–Crippen MR) is 133 cm³/mol. The Bertz CT molecular complexity index is 1340. The van der Waals surface area contributed by atoms with Crippen LogP contribution in [-0.2, 0) is 19.6 Å². The molecule has 3 rings (SSSR count). The number of carbonyl (C=O) groups is 2. The van der Waals surface area contributed by atoms with Gasteiger partial charge in [0.05, 0.1) is 33.3 Å². The second-order valence-electron chi connectivity index (χ2n) is 7.47. The van der Waals surface area contributed by atoms with Crippen molar-refractivity contribution in [3.63, 3.8) is 0 Å². The molecule has 3 aromatic rings. The molecule has 10 heteroatoms. The van der Waals surface area contributed by atoms with Crippen LogP contribution in [0.4, 0.5) is 11.4 Å². The molecule has 1 N–H and O–H groups in total. The van der Waals surface area contributed by atoms with Crippen LogP contribution in [0.2, 0.25) is 10.0 Å². The zero-order chi connectivity index (χ0) is 25.0. The van der Waals surface area contributed by atoms with Crippen molar-refractivity contribution in [2.24, 2.45) is 0 Å². The van der Waals surface area contributed by atoms with Gasteiger partial charge in [-0.3, -0.25) is 9.10 Å². The Balaban J connectivity index is 2.00. The first kappa shape index (κ1) is 25.6. The molecular formula is C24H22Cl2N2O5S. The molecule has 0 saturated heterocycles. The minimum Gasteiger partial charge on any atom is -0.465 e. The molecule has 0 saturated carbocycles. The van der Waals surface area contributed by atoms with Crippen molar-refractivity contribution in [2.45, 2.75) is 18.7 Å². The third-order valence-electron chi connectivity index (χ3n) is 5.03. The van der Waals surface area contributed by atoms with Crippen LogP contribution in [0.3, 0.4) is 0 Å². The van der Waals surface area contributed by atoms with E-state index in [4.69, 9.17) is 27.9 Å². The molecule has 34 heavy (non-hydrogen) atoms. The minimum absolute atomic E-state index is 0.00322. The molecule has 7 nitrogen and oxygen atoms in total. The van der Waals surface area contributed by atoms with Gasteiger partial charge in [0.2, 0.25) is 5.91 Å². The maximum absolute atomic E-state index is 13.5. The Morgan fingerprint density at radius 2 is 1.68 bits per heavy atom. The summed E-state index contributed by atoms with van der Waals surface area (Å²) in [5.41, 5.74) is 2.20. The second-order valence-corrected chi connectivity index (χ2v) is 10.1. The number of ether oxygens (including phenoxy) is 1. The van der Waals surface area contributed by atoms with Crippen LogP contribution in [0.25, 0.3) is 0 Å². The predicted octanol–water partition coefficient (Wildman–Crippen LogP) is 5.23. The fourth-order valence-electron chi connectivity index (χ4n) is 3.14. The van der Waals surface area contributed by atoms with Gasteiger partial charge < -0.3 is 10.1 Å². The van der Waals surface area contributed by atoms with Crippen LogP contribution in [0.15, 0.2) is 65.6 Å². The first-order chi connectivity index (χ1) is 16.0. The fraction of sp³-hybridized carbons (Fsp3) is 0.167. The summed E-state index contributed by atoms with van der Waals surface area (Å²) in [5, 5.41) is 2.81. The topological polar surface area (TPSA) is 92.8 Å². The normalized spacial score (nSPS) is 11.1. The second kappa shape index (κ2) is 10.5. The van der Waals surface area contributed by atoms with Crippen molar-refractivity contribution < 1.29 is 22.7 Å². The number of nitrogens with zero attached hydrogens (tertiary/aromatic N) is 1. The molecule has 0 aliphatic carbocycles. The number of hydrogen-bond donors (Lipinski definition) is 1. The summed E-state index contributed by atoms with van der Waals surface area (Å²) in [6, 6.07) is 15.4. The van der Waals surface area contributed by atoms with Crippen LogP contribution >= 0.6 is 23.2 Å². The number of sulfonamides is 1. The summed E-state index contributed by atoms with van der Waals surface area (Å²) >= 11 is 12.5. The van der Waals surface area contributed by atoms with Crippen LogP contribution in [0.1, 0.15) is 21.5 Å². The Kier molecular flexibility index (Phi) is 7.86. The molecule has 0 unspecified atom stereocenters. The van der Waals surface area contributed by atoms with E-state index in [9.17, 15) is 18.0 Å². The number of nitrogens with one attached hydrogen (secondary N) is 1. The number of aryl methyl sites for hydroxylation is 2. The van der Waals surface area contributed by atoms with E-state index < -0.39 is 28.4 Å². The molecule has 178 valence electrons. The number of hydrogen-bond acceptors (Lipinski definition) is 5. The SMILES string of the molecule is COC(=O)c1ccc(C)c(NC(=O)CN(c2cccc(Cl)c2Cl)S(=O)(=O)c2ccc(C)cc2)c1. The van der Waals surface area contributed by atoms with Crippen molar-refractivity contribution in [3.05, 3.63) is 87.4 Å². The summed E-state index contributed by atoms with van der Waals surface area (Å²) in [4.78, 5) is 24.9. The quantitative estimate of drug-likeness (QED) is 0.430. The monoisotopic (exact) mass is 520 g/mol. The summed E-state index contributed by atoms with van der Waals surface area (Å²) < 4.78 is 32.7. The van der Waals surface area contributed by atoms with Gasteiger partial charge in [-0.05, 0) is 55.8 Å². The number of methoxy groups -OCH3 is 1. The number of carbonyl (C=O) groups excluding carboxylic acids is 2. The van der Waals surface area contributed by atoms with E-state index in [2.05, 4.69) is 5.32 Å². The summed E-state index contributed by atoms with van der Waals surface area (Å²) in [6.07, 6.45) is 0. The average molecular weight is 521 g/mol. The van der Waals surface area contributed by atoms with Crippen molar-refractivity contribution in [1.29, 1.82) is 0 Å². The summed E-state index contributed by atoms with van der Waals surface area (Å²) in [7, 11) is -2.92. The highest BCUT2D eigenvalue weighted by Crippen LogP contribution is 2.35.